The Hall–Kier alpha value is -1.49. The fourth-order valence-electron chi connectivity index (χ4n) is 2.51. The molecule has 0 aliphatic heterocycles. The van der Waals surface area contributed by atoms with Crippen molar-refractivity contribution < 1.29 is 0 Å². The first-order chi connectivity index (χ1) is 7.72. The van der Waals surface area contributed by atoms with E-state index in [1.54, 1.807) is 0 Å². The van der Waals surface area contributed by atoms with E-state index in [9.17, 15) is 5.26 Å². The molecule has 0 bridgehead atoms. The van der Waals surface area contributed by atoms with Crippen molar-refractivity contribution in [3.63, 3.8) is 0 Å². The average molecular weight is 214 g/mol. The molecule has 84 valence electrons. The van der Waals surface area contributed by atoms with Gasteiger partial charge >= 0.3 is 0 Å². The summed E-state index contributed by atoms with van der Waals surface area (Å²) in [7, 11) is 4.01. The van der Waals surface area contributed by atoms with Crippen LogP contribution in [0.4, 0.5) is 5.69 Å². The third-order valence-electron chi connectivity index (χ3n) is 3.47. The molecule has 1 saturated carbocycles. The van der Waals surface area contributed by atoms with Crippen molar-refractivity contribution in [1.82, 2.24) is 0 Å². The maximum atomic E-state index is 9.22. The van der Waals surface area contributed by atoms with E-state index in [-0.39, 0.29) is 0 Å². The molecule has 2 rings (SSSR count). The molecule has 0 atom stereocenters. The van der Waals surface area contributed by atoms with Crippen LogP contribution in [0.3, 0.4) is 0 Å². The zero-order valence-corrected chi connectivity index (χ0v) is 10.0. The van der Waals surface area contributed by atoms with E-state index < -0.39 is 0 Å². The van der Waals surface area contributed by atoms with Crippen LogP contribution in [-0.4, -0.2) is 14.1 Å². The van der Waals surface area contributed by atoms with Gasteiger partial charge < -0.3 is 4.90 Å². The van der Waals surface area contributed by atoms with Crippen molar-refractivity contribution in [3.8, 4) is 6.07 Å². The number of benzene rings is 1. The van der Waals surface area contributed by atoms with E-state index in [1.165, 1.54) is 31.2 Å². The fraction of sp³-hybridized carbons (Fsp3) is 0.500. The van der Waals surface area contributed by atoms with E-state index in [1.807, 2.05) is 25.1 Å². The van der Waals surface area contributed by atoms with Gasteiger partial charge in [0.1, 0.15) is 0 Å². The number of anilines is 1. The lowest BCUT2D eigenvalue weighted by atomic mass is 9.93. The van der Waals surface area contributed by atoms with E-state index in [4.69, 9.17) is 0 Å². The zero-order valence-electron chi connectivity index (χ0n) is 10.0. The van der Waals surface area contributed by atoms with Crippen molar-refractivity contribution in [2.24, 2.45) is 0 Å². The summed E-state index contributed by atoms with van der Waals surface area (Å²) in [5, 5.41) is 9.22. The molecule has 0 aromatic heterocycles. The summed E-state index contributed by atoms with van der Waals surface area (Å²) in [5.41, 5.74) is 3.22. The average Bonchev–Trinajstić information content (AvgIpc) is 2.81. The van der Waals surface area contributed by atoms with E-state index in [0.29, 0.717) is 5.92 Å². The van der Waals surface area contributed by atoms with Gasteiger partial charge in [0.05, 0.1) is 11.6 Å². The highest BCUT2D eigenvalue weighted by molar-refractivity contribution is 5.54. The molecular weight excluding hydrogens is 196 g/mol. The summed E-state index contributed by atoms with van der Waals surface area (Å²) in [6.45, 7) is 0. The van der Waals surface area contributed by atoms with Crippen LogP contribution in [0.15, 0.2) is 18.2 Å². The molecule has 1 fully saturated rings. The molecule has 1 aliphatic carbocycles. The molecule has 0 N–H and O–H groups in total. The van der Waals surface area contributed by atoms with Crippen LogP contribution in [0.5, 0.6) is 0 Å². The largest absolute Gasteiger partial charge is 0.378 e. The molecule has 0 radical (unpaired) electrons. The molecule has 2 nitrogen and oxygen atoms in total. The lowest BCUT2D eigenvalue weighted by Crippen LogP contribution is -2.09. The van der Waals surface area contributed by atoms with Gasteiger partial charge in [-0.05, 0) is 36.5 Å². The summed E-state index contributed by atoms with van der Waals surface area (Å²) >= 11 is 0. The smallest absolute Gasteiger partial charge is 0.0995 e. The minimum Gasteiger partial charge on any atom is -0.378 e. The molecule has 1 aromatic rings. The summed E-state index contributed by atoms with van der Waals surface area (Å²) in [5.74, 6) is 0.617. The number of nitrogens with zero attached hydrogens (tertiary/aromatic N) is 2. The van der Waals surface area contributed by atoms with Crippen molar-refractivity contribution in [2.45, 2.75) is 31.6 Å². The Morgan fingerprint density at radius 1 is 1.25 bits per heavy atom. The van der Waals surface area contributed by atoms with Crippen molar-refractivity contribution in [1.29, 1.82) is 5.26 Å². The first-order valence-electron chi connectivity index (χ1n) is 5.93. The highest BCUT2D eigenvalue weighted by Gasteiger charge is 2.20. The monoisotopic (exact) mass is 214 g/mol. The first kappa shape index (κ1) is 11.0. The maximum absolute atomic E-state index is 9.22. The van der Waals surface area contributed by atoms with Gasteiger partial charge in [-0.2, -0.15) is 5.26 Å². The Bertz CT molecular complexity index is 409. The van der Waals surface area contributed by atoms with Gasteiger partial charge in [0, 0.05) is 19.8 Å². The van der Waals surface area contributed by atoms with Crippen LogP contribution in [-0.2, 0) is 0 Å². The van der Waals surface area contributed by atoms with E-state index in [0.717, 1.165) is 11.3 Å². The number of hydrogen-bond acceptors (Lipinski definition) is 2. The highest BCUT2D eigenvalue weighted by atomic mass is 15.1. The van der Waals surface area contributed by atoms with Gasteiger partial charge in [0.25, 0.3) is 0 Å². The predicted molar refractivity (Wildman–Crippen MR) is 66.7 cm³/mol. The molecule has 1 aromatic carbocycles. The Morgan fingerprint density at radius 2 is 1.94 bits per heavy atom. The first-order valence-corrected chi connectivity index (χ1v) is 5.93. The summed E-state index contributed by atoms with van der Waals surface area (Å²) in [6.07, 6.45) is 5.11. The Balaban J connectivity index is 2.35. The maximum Gasteiger partial charge on any atom is 0.0995 e. The summed E-state index contributed by atoms with van der Waals surface area (Å²) in [6, 6.07) is 8.61. The normalized spacial score (nSPS) is 16.1. The molecule has 0 amide bonds. The topological polar surface area (TPSA) is 27.0 Å². The molecule has 1 aliphatic rings. The van der Waals surface area contributed by atoms with Gasteiger partial charge in [-0.3, -0.25) is 0 Å². The second kappa shape index (κ2) is 4.57. The molecule has 2 heteroatoms. The van der Waals surface area contributed by atoms with E-state index >= 15 is 0 Å². The van der Waals surface area contributed by atoms with Crippen molar-refractivity contribution >= 4 is 5.69 Å². The third-order valence-corrected chi connectivity index (χ3v) is 3.47. The standard InChI is InChI=1S/C14H18N2/c1-16(2)13-7-8-14(12(9-13)10-15)11-5-3-4-6-11/h7-9,11H,3-6H2,1-2H3. The Labute approximate surface area is 97.5 Å². The minimum absolute atomic E-state index is 0.617. The van der Waals surface area contributed by atoms with Crippen LogP contribution in [0.2, 0.25) is 0 Å². The lowest BCUT2D eigenvalue weighted by Gasteiger charge is -2.16. The van der Waals surface area contributed by atoms with Crippen LogP contribution in [0.25, 0.3) is 0 Å². The predicted octanol–water partition coefficient (Wildman–Crippen LogP) is 3.28. The Kier molecular flexibility index (Phi) is 3.14. The molecule has 0 saturated heterocycles. The Morgan fingerprint density at radius 3 is 2.50 bits per heavy atom. The SMILES string of the molecule is CN(C)c1ccc(C2CCCC2)c(C#N)c1. The van der Waals surface area contributed by atoms with Gasteiger partial charge in [-0.15, -0.1) is 0 Å². The number of hydrogen-bond donors (Lipinski definition) is 0. The second-order valence-corrected chi connectivity index (χ2v) is 4.76. The molecule has 0 heterocycles. The number of nitriles is 1. The van der Waals surface area contributed by atoms with Crippen molar-refractivity contribution in [2.75, 3.05) is 19.0 Å². The third kappa shape index (κ3) is 2.04. The number of rotatable bonds is 2. The molecule has 0 unspecified atom stereocenters. The summed E-state index contributed by atoms with van der Waals surface area (Å²) in [4.78, 5) is 2.04. The fourth-order valence-corrected chi connectivity index (χ4v) is 2.51. The van der Waals surface area contributed by atoms with Gasteiger partial charge in [0.15, 0.2) is 0 Å². The van der Waals surface area contributed by atoms with Gasteiger partial charge in [-0.1, -0.05) is 18.9 Å². The highest BCUT2D eigenvalue weighted by Crippen LogP contribution is 2.36. The second-order valence-electron chi connectivity index (χ2n) is 4.76. The van der Waals surface area contributed by atoms with Crippen LogP contribution >= 0.6 is 0 Å². The molecule has 0 spiro atoms. The molecule has 16 heavy (non-hydrogen) atoms. The van der Waals surface area contributed by atoms with Gasteiger partial charge in [-0.25, -0.2) is 0 Å². The van der Waals surface area contributed by atoms with Gasteiger partial charge in [0.2, 0.25) is 0 Å². The molecular formula is C14H18N2. The zero-order chi connectivity index (χ0) is 11.5. The van der Waals surface area contributed by atoms with Crippen LogP contribution in [0.1, 0.15) is 42.7 Å². The quantitative estimate of drug-likeness (QED) is 0.755. The summed E-state index contributed by atoms with van der Waals surface area (Å²) < 4.78 is 0. The van der Waals surface area contributed by atoms with Crippen LogP contribution in [0, 0.1) is 11.3 Å². The van der Waals surface area contributed by atoms with Crippen LogP contribution < -0.4 is 4.90 Å². The lowest BCUT2D eigenvalue weighted by molar-refractivity contribution is 0.721. The van der Waals surface area contributed by atoms with E-state index in [2.05, 4.69) is 18.2 Å². The van der Waals surface area contributed by atoms with Crippen molar-refractivity contribution in [3.05, 3.63) is 29.3 Å². The minimum atomic E-state index is 0.617.